The fraction of sp³-hybridized carbons (Fsp3) is 0.353. The molecule has 0 saturated heterocycles. The highest BCUT2D eigenvalue weighted by molar-refractivity contribution is 7.11. The molecule has 0 aliphatic carbocycles. The van der Waals surface area contributed by atoms with Crippen LogP contribution in [0.1, 0.15) is 46.5 Å². The zero-order chi connectivity index (χ0) is 18.8. The van der Waals surface area contributed by atoms with Crippen molar-refractivity contribution in [3.05, 3.63) is 44.6 Å². The number of thiazole rings is 1. The summed E-state index contributed by atoms with van der Waals surface area (Å²) >= 11 is 7.04. The van der Waals surface area contributed by atoms with Crippen molar-refractivity contribution in [2.45, 2.75) is 33.2 Å². The van der Waals surface area contributed by atoms with Crippen molar-refractivity contribution in [1.82, 2.24) is 19.9 Å². The molecule has 0 radical (unpaired) electrons. The minimum atomic E-state index is -2.58. The summed E-state index contributed by atoms with van der Waals surface area (Å²) in [5, 5.41) is 0.276. The molecule has 5 nitrogen and oxygen atoms in total. The highest BCUT2D eigenvalue weighted by Gasteiger charge is 2.28. The number of carbonyl (C=O) groups is 1. The lowest BCUT2D eigenvalue weighted by molar-refractivity contribution is 0.0725. The van der Waals surface area contributed by atoms with Crippen molar-refractivity contribution in [1.29, 1.82) is 0 Å². The van der Waals surface area contributed by atoms with Gasteiger partial charge >= 0.3 is 0 Å². The van der Waals surface area contributed by atoms with Gasteiger partial charge in [-0.05, 0) is 12.1 Å². The predicted molar refractivity (Wildman–Crippen MR) is 98.0 cm³/mol. The number of hydrogen-bond donors (Lipinski definition) is 1. The fourth-order valence-corrected chi connectivity index (χ4v) is 3.93. The molecule has 3 aromatic rings. The summed E-state index contributed by atoms with van der Waals surface area (Å²) in [6, 6.07) is 5.26. The van der Waals surface area contributed by atoms with E-state index in [-0.39, 0.29) is 23.3 Å². The highest BCUT2D eigenvalue weighted by Crippen LogP contribution is 2.31. The van der Waals surface area contributed by atoms with E-state index in [0.29, 0.717) is 39.6 Å². The van der Waals surface area contributed by atoms with E-state index in [2.05, 4.69) is 15.0 Å². The molecule has 4 rings (SSSR count). The van der Waals surface area contributed by atoms with Crippen LogP contribution in [-0.4, -0.2) is 32.3 Å². The van der Waals surface area contributed by atoms with Crippen molar-refractivity contribution < 1.29 is 13.6 Å². The van der Waals surface area contributed by atoms with Crippen LogP contribution in [0.15, 0.2) is 18.2 Å². The third-order valence-corrected chi connectivity index (χ3v) is 5.28. The van der Waals surface area contributed by atoms with Gasteiger partial charge in [0.1, 0.15) is 5.52 Å². The topological polar surface area (TPSA) is 61.9 Å². The molecule has 138 valence electrons. The van der Waals surface area contributed by atoms with Crippen LogP contribution in [0.2, 0.25) is 5.02 Å². The molecule has 0 fully saturated rings. The molecule has 0 atom stereocenters. The van der Waals surface area contributed by atoms with Gasteiger partial charge in [0.25, 0.3) is 12.3 Å². The molecule has 0 unspecified atom stereocenters. The Morgan fingerprint density at radius 3 is 2.81 bits per heavy atom. The Morgan fingerprint density at radius 2 is 2.12 bits per heavy atom. The molecule has 3 heterocycles. The number of aromatic nitrogens is 3. The Balaban J connectivity index is 0.000000948. The first-order valence-electron chi connectivity index (χ1n) is 8.23. The summed E-state index contributed by atoms with van der Waals surface area (Å²) < 4.78 is 25.5. The summed E-state index contributed by atoms with van der Waals surface area (Å²) in [6.45, 7) is 4.69. The van der Waals surface area contributed by atoms with Crippen LogP contribution >= 0.6 is 22.9 Å². The van der Waals surface area contributed by atoms with Crippen molar-refractivity contribution >= 4 is 39.9 Å². The molecule has 1 aliphatic rings. The van der Waals surface area contributed by atoms with Gasteiger partial charge in [0, 0.05) is 17.8 Å². The first kappa shape index (κ1) is 18.7. The van der Waals surface area contributed by atoms with Crippen molar-refractivity contribution in [2.75, 3.05) is 6.54 Å². The number of hydrogen-bond acceptors (Lipinski definition) is 4. The molecule has 0 bridgehead atoms. The van der Waals surface area contributed by atoms with Crippen LogP contribution in [0.5, 0.6) is 0 Å². The zero-order valence-corrected chi connectivity index (χ0v) is 15.8. The van der Waals surface area contributed by atoms with Gasteiger partial charge in [0.2, 0.25) is 0 Å². The van der Waals surface area contributed by atoms with Gasteiger partial charge in [-0.1, -0.05) is 31.5 Å². The second-order valence-electron chi connectivity index (χ2n) is 5.42. The van der Waals surface area contributed by atoms with Crippen LogP contribution < -0.4 is 0 Å². The lowest BCUT2D eigenvalue weighted by Crippen LogP contribution is -2.36. The number of nitrogens with one attached hydrogen (secondary N) is 1. The fourth-order valence-electron chi connectivity index (χ4n) is 2.73. The van der Waals surface area contributed by atoms with Gasteiger partial charge < -0.3 is 9.88 Å². The van der Waals surface area contributed by atoms with E-state index >= 15 is 0 Å². The van der Waals surface area contributed by atoms with Crippen LogP contribution in [0, 0.1) is 0 Å². The van der Waals surface area contributed by atoms with Gasteiger partial charge in [-0.3, -0.25) is 4.79 Å². The SMILES string of the molecule is CC.O=C(c1nc2c(Cl)cccc2[nH]1)N1CCc2nc(C(F)F)sc2C1. The quantitative estimate of drug-likeness (QED) is 0.672. The number of benzene rings is 1. The van der Waals surface area contributed by atoms with E-state index in [1.165, 1.54) is 0 Å². The van der Waals surface area contributed by atoms with Crippen LogP contribution in [0.4, 0.5) is 8.78 Å². The van der Waals surface area contributed by atoms with Crippen molar-refractivity contribution in [3.8, 4) is 0 Å². The largest absolute Gasteiger partial charge is 0.334 e. The molecule has 1 N–H and O–H groups in total. The number of carbonyl (C=O) groups excluding carboxylic acids is 1. The maximum absolute atomic E-state index is 12.8. The monoisotopic (exact) mass is 398 g/mol. The van der Waals surface area contributed by atoms with Crippen molar-refractivity contribution in [2.24, 2.45) is 0 Å². The highest BCUT2D eigenvalue weighted by atomic mass is 35.5. The second-order valence-corrected chi connectivity index (χ2v) is 6.94. The first-order valence-corrected chi connectivity index (χ1v) is 9.42. The molecule has 9 heteroatoms. The molecule has 26 heavy (non-hydrogen) atoms. The molecule has 2 aromatic heterocycles. The predicted octanol–water partition coefficient (Wildman–Crippen LogP) is 4.84. The molecular weight excluding hydrogens is 382 g/mol. The molecule has 1 amide bonds. The van der Waals surface area contributed by atoms with Crippen LogP contribution in [0.25, 0.3) is 11.0 Å². The Morgan fingerprint density at radius 1 is 1.35 bits per heavy atom. The molecular formula is C17H17ClF2N4OS. The Labute approximate surface area is 158 Å². The molecule has 0 saturated carbocycles. The average Bonchev–Trinajstić information content (AvgIpc) is 3.27. The number of imidazole rings is 1. The summed E-state index contributed by atoms with van der Waals surface area (Å²) in [4.78, 5) is 26.1. The third kappa shape index (κ3) is 3.43. The van der Waals surface area contributed by atoms with Gasteiger partial charge in [0.15, 0.2) is 10.8 Å². The zero-order valence-electron chi connectivity index (χ0n) is 14.2. The van der Waals surface area contributed by atoms with Gasteiger partial charge in [-0.2, -0.15) is 0 Å². The summed E-state index contributed by atoms with van der Waals surface area (Å²) in [7, 11) is 0. The number of para-hydroxylation sites is 1. The minimum Gasteiger partial charge on any atom is -0.334 e. The number of aromatic amines is 1. The number of H-pyrrole nitrogens is 1. The van der Waals surface area contributed by atoms with Crippen LogP contribution in [-0.2, 0) is 13.0 Å². The van der Waals surface area contributed by atoms with Crippen LogP contribution in [0.3, 0.4) is 0 Å². The maximum atomic E-state index is 12.8. The van der Waals surface area contributed by atoms with E-state index in [9.17, 15) is 13.6 Å². The minimum absolute atomic E-state index is 0.190. The van der Waals surface area contributed by atoms with Crippen molar-refractivity contribution in [3.63, 3.8) is 0 Å². The number of alkyl halides is 2. The lowest BCUT2D eigenvalue weighted by Gasteiger charge is -2.25. The van der Waals surface area contributed by atoms with Gasteiger partial charge in [-0.15, -0.1) is 11.3 Å². The van der Waals surface area contributed by atoms with Gasteiger partial charge in [0.05, 0.1) is 22.8 Å². The number of nitrogens with zero attached hydrogens (tertiary/aromatic N) is 3. The molecule has 1 aromatic carbocycles. The Bertz CT molecular complexity index is 940. The first-order chi connectivity index (χ1) is 12.5. The smallest absolute Gasteiger partial charge is 0.290 e. The maximum Gasteiger partial charge on any atom is 0.290 e. The number of rotatable bonds is 2. The number of amides is 1. The molecule has 0 spiro atoms. The summed E-state index contributed by atoms with van der Waals surface area (Å²) in [5.74, 6) is -0.0833. The third-order valence-electron chi connectivity index (χ3n) is 3.89. The normalized spacial score (nSPS) is 13.5. The van der Waals surface area contributed by atoms with E-state index in [4.69, 9.17) is 11.6 Å². The standard InChI is InChI=1S/C15H11ClF2N4OS.C2H6/c16-7-2-1-3-9-11(7)21-13(19-9)15(23)22-5-4-8-10(6-22)24-14(20-8)12(17)18;1-2/h1-3,12H,4-6H2,(H,19,21);1-2H3. The Hall–Kier alpha value is -2.06. The molecule has 1 aliphatic heterocycles. The average molecular weight is 399 g/mol. The lowest BCUT2D eigenvalue weighted by atomic mass is 10.2. The summed E-state index contributed by atoms with van der Waals surface area (Å²) in [5.41, 5.74) is 1.88. The summed E-state index contributed by atoms with van der Waals surface area (Å²) in [6.07, 6.45) is -2.12. The van der Waals surface area contributed by atoms with E-state index in [1.807, 2.05) is 13.8 Å². The Kier molecular flexibility index (Phi) is 5.52. The van der Waals surface area contributed by atoms with E-state index in [0.717, 1.165) is 11.3 Å². The number of halogens is 3. The second kappa shape index (κ2) is 7.67. The van der Waals surface area contributed by atoms with E-state index in [1.54, 1.807) is 23.1 Å². The number of fused-ring (bicyclic) bond motifs is 2. The van der Waals surface area contributed by atoms with E-state index < -0.39 is 6.43 Å². The van der Waals surface area contributed by atoms with Gasteiger partial charge in [-0.25, -0.2) is 18.7 Å².